The molecular formula is C12H25N3O. The molecule has 1 saturated heterocycles. The lowest BCUT2D eigenvalue weighted by atomic mass is 10.00. The summed E-state index contributed by atoms with van der Waals surface area (Å²) < 4.78 is 0. The summed E-state index contributed by atoms with van der Waals surface area (Å²) in [6.45, 7) is 8.40. The third-order valence-corrected chi connectivity index (χ3v) is 3.27. The number of carbonyl (C=O) groups excluding carboxylic acids is 1. The van der Waals surface area contributed by atoms with Gasteiger partial charge in [-0.2, -0.15) is 0 Å². The number of rotatable bonds is 6. The Morgan fingerprint density at radius 2 is 2.38 bits per heavy atom. The van der Waals surface area contributed by atoms with Crippen molar-refractivity contribution in [3.63, 3.8) is 0 Å². The maximum absolute atomic E-state index is 11.2. The summed E-state index contributed by atoms with van der Waals surface area (Å²) in [6, 6.07) is -0.165. The number of hydrogen-bond donors (Lipinski definition) is 2. The summed E-state index contributed by atoms with van der Waals surface area (Å²) in [7, 11) is 0. The van der Waals surface area contributed by atoms with E-state index in [0.717, 1.165) is 32.0 Å². The fourth-order valence-electron chi connectivity index (χ4n) is 2.39. The highest BCUT2D eigenvalue weighted by molar-refractivity contribution is 5.79. The molecule has 94 valence electrons. The molecule has 0 radical (unpaired) electrons. The molecule has 1 amide bonds. The van der Waals surface area contributed by atoms with Crippen LogP contribution < -0.4 is 11.1 Å². The Hall–Kier alpha value is -0.610. The first kappa shape index (κ1) is 13.5. The van der Waals surface area contributed by atoms with E-state index in [1.807, 2.05) is 6.92 Å². The third-order valence-electron chi connectivity index (χ3n) is 3.27. The van der Waals surface area contributed by atoms with Crippen molar-refractivity contribution in [3.8, 4) is 0 Å². The van der Waals surface area contributed by atoms with Crippen molar-refractivity contribution < 1.29 is 4.79 Å². The smallest absolute Gasteiger partial charge is 0.234 e. The molecule has 4 nitrogen and oxygen atoms in total. The normalized spacial score (nSPS) is 24.2. The second-order valence-corrected chi connectivity index (χ2v) is 4.85. The van der Waals surface area contributed by atoms with Crippen LogP contribution in [0.3, 0.4) is 0 Å². The minimum absolute atomic E-state index is 0.165. The number of nitrogens with two attached hydrogens (primary N) is 1. The number of likely N-dealkylation sites (N-methyl/N-ethyl adjacent to an activating group) is 1. The molecule has 16 heavy (non-hydrogen) atoms. The number of hydrogen-bond acceptors (Lipinski definition) is 3. The lowest BCUT2D eigenvalue weighted by Gasteiger charge is -2.31. The van der Waals surface area contributed by atoms with Gasteiger partial charge in [0.2, 0.25) is 5.91 Å². The van der Waals surface area contributed by atoms with E-state index in [9.17, 15) is 4.79 Å². The Kier molecular flexibility index (Phi) is 5.77. The van der Waals surface area contributed by atoms with Crippen molar-refractivity contribution in [2.75, 3.05) is 26.2 Å². The second kappa shape index (κ2) is 6.86. The quantitative estimate of drug-likeness (QED) is 0.697. The van der Waals surface area contributed by atoms with Gasteiger partial charge in [0.15, 0.2) is 0 Å². The standard InChI is InChI=1S/C12H25N3O/c1-3-14-11(12(13)16)6-8-15-7-4-5-10(2)9-15/h10-11,14H,3-9H2,1-2H3,(H2,13,16). The monoisotopic (exact) mass is 227 g/mol. The van der Waals surface area contributed by atoms with Crippen LogP contribution in [0.1, 0.15) is 33.1 Å². The van der Waals surface area contributed by atoms with Crippen LogP contribution in [-0.4, -0.2) is 43.0 Å². The molecule has 1 fully saturated rings. The van der Waals surface area contributed by atoms with Gasteiger partial charge in [-0.05, 0) is 38.3 Å². The molecule has 0 bridgehead atoms. The largest absolute Gasteiger partial charge is 0.368 e. The van der Waals surface area contributed by atoms with E-state index in [0.29, 0.717) is 0 Å². The summed E-state index contributed by atoms with van der Waals surface area (Å²) in [5.41, 5.74) is 5.35. The number of carbonyl (C=O) groups is 1. The number of piperidine rings is 1. The molecule has 2 unspecified atom stereocenters. The predicted octanol–water partition coefficient (Wildman–Crippen LogP) is 0.572. The highest BCUT2D eigenvalue weighted by atomic mass is 16.1. The zero-order valence-electron chi connectivity index (χ0n) is 10.5. The fourth-order valence-corrected chi connectivity index (χ4v) is 2.39. The van der Waals surface area contributed by atoms with Crippen LogP contribution in [0.5, 0.6) is 0 Å². The van der Waals surface area contributed by atoms with Crippen molar-refractivity contribution in [2.24, 2.45) is 11.7 Å². The van der Waals surface area contributed by atoms with Crippen LogP contribution in [0.2, 0.25) is 0 Å². The SMILES string of the molecule is CCNC(CCN1CCCC(C)C1)C(N)=O. The van der Waals surface area contributed by atoms with E-state index in [1.54, 1.807) is 0 Å². The first-order chi connectivity index (χ1) is 7.63. The van der Waals surface area contributed by atoms with E-state index in [-0.39, 0.29) is 11.9 Å². The number of nitrogens with one attached hydrogen (secondary N) is 1. The predicted molar refractivity (Wildman–Crippen MR) is 66.1 cm³/mol. The average Bonchev–Trinajstić information content (AvgIpc) is 2.24. The van der Waals surface area contributed by atoms with Gasteiger partial charge in [0.25, 0.3) is 0 Å². The van der Waals surface area contributed by atoms with Gasteiger partial charge in [0, 0.05) is 13.1 Å². The Balaban J connectivity index is 2.28. The van der Waals surface area contributed by atoms with Crippen molar-refractivity contribution in [3.05, 3.63) is 0 Å². The summed E-state index contributed by atoms with van der Waals surface area (Å²) >= 11 is 0. The van der Waals surface area contributed by atoms with Gasteiger partial charge in [-0.3, -0.25) is 4.79 Å². The Bertz CT molecular complexity index is 220. The minimum atomic E-state index is -0.230. The molecule has 1 rings (SSSR count). The number of nitrogens with zero attached hydrogens (tertiary/aromatic N) is 1. The summed E-state index contributed by atoms with van der Waals surface area (Å²) in [4.78, 5) is 13.6. The molecule has 2 atom stereocenters. The van der Waals surface area contributed by atoms with E-state index < -0.39 is 0 Å². The van der Waals surface area contributed by atoms with Crippen molar-refractivity contribution in [2.45, 2.75) is 39.2 Å². The number of likely N-dealkylation sites (tertiary alicyclic amines) is 1. The van der Waals surface area contributed by atoms with E-state index in [1.165, 1.54) is 19.4 Å². The van der Waals surface area contributed by atoms with Gasteiger partial charge >= 0.3 is 0 Å². The van der Waals surface area contributed by atoms with E-state index >= 15 is 0 Å². The molecule has 1 heterocycles. The molecule has 0 aliphatic carbocycles. The summed E-state index contributed by atoms with van der Waals surface area (Å²) in [5.74, 6) is 0.562. The third kappa shape index (κ3) is 4.49. The molecule has 1 aliphatic heterocycles. The molecule has 0 aromatic heterocycles. The molecule has 3 N–H and O–H groups in total. The second-order valence-electron chi connectivity index (χ2n) is 4.85. The van der Waals surface area contributed by atoms with Crippen molar-refractivity contribution in [1.82, 2.24) is 10.2 Å². The van der Waals surface area contributed by atoms with Crippen LogP contribution in [0.15, 0.2) is 0 Å². The maximum Gasteiger partial charge on any atom is 0.234 e. The van der Waals surface area contributed by atoms with E-state index in [2.05, 4.69) is 17.1 Å². The fraction of sp³-hybridized carbons (Fsp3) is 0.917. The van der Waals surface area contributed by atoms with Gasteiger partial charge in [-0.1, -0.05) is 13.8 Å². The van der Waals surface area contributed by atoms with Crippen molar-refractivity contribution >= 4 is 5.91 Å². The summed E-state index contributed by atoms with van der Waals surface area (Å²) in [6.07, 6.45) is 3.45. The molecule has 0 aromatic rings. The molecule has 0 aromatic carbocycles. The maximum atomic E-state index is 11.2. The highest BCUT2D eigenvalue weighted by Crippen LogP contribution is 2.15. The number of amides is 1. The van der Waals surface area contributed by atoms with Gasteiger partial charge in [0.05, 0.1) is 6.04 Å². The average molecular weight is 227 g/mol. The van der Waals surface area contributed by atoms with Crippen LogP contribution in [0.25, 0.3) is 0 Å². The lowest BCUT2D eigenvalue weighted by molar-refractivity contribution is -0.120. The van der Waals surface area contributed by atoms with Gasteiger partial charge in [-0.25, -0.2) is 0 Å². The van der Waals surface area contributed by atoms with Crippen LogP contribution in [0, 0.1) is 5.92 Å². The number of primary amides is 1. The lowest BCUT2D eigenvalue weighted by Crippen LogP contribution is -2.44. The van der Waals surface area contributed by atoms with E-state index in [4.69, 9.17) is 5.73 Å². The zero-order chi connectivity index (χ0) is 12.0. The molecule has 4 heteroatoms. The first-order valence-electron chi connectivity index (χ1n) is 6.38. The highest BCUT2D eigenvalue weighted by Gasteiger charge is 2.19. The first-order valence-corrected chi connectivity index (χ1v) is 6.38. The Labute approximate surface area is 98.6 Å². The van der Waals surface area contributed by atoms with Crippen LogP contribution >= 0.6 is 0 Å². The Morgan fingerprint density at radius 1 is 1.62 bits per heavy atom. The molecule has 1 aliphatic rings. The molecular weight excluding hydrogens is 202 g/mol. The molecule has 0 spiro atoms. The van der Waals surface area contributed by atoms with Crippen LogP contribution in [-0.2, 0) is 4.79 Å². The molecule has 0 saturated carbocycles. The van der Waals surface area contributed by atoms with Gasteiger partial charge < -0.3 is 16.0 Å². The van der Waals surface area contributed by atoms with Gasteiger partial charge in [-0.15, -0.1) is 0 Å². The van der Waals surface area contributed by atoms with Crippen molar-refractivity contribution in [1.29, 1.82) is 0 Å². The minimum Gasteiger partial charge on any atom is -0.368 e. The zero-order valence-corrected chi connectivity index (χ0v) is 10.5. The summed E-state index contributed by atoms with van der Waals surface area (Å²) in [5, 5.41) is 3.13. The van der Waals surface area contributed by atoms with Gasteiger partial charge in [0.1, 0.15) is 0 Å². The topological polar surface area (TPSA) is 58.4 Å². The van der Waals surface area contributed by atoms with Crippen LogP contribution in [0.4, 0.5) is 0 Å². The Morgan fingerprint density at radius 3 is 2.94 bits per heavy atom.